The summed E-state index contributed by atoms with van der Waals surface area (Å²) in [5, 5.41) is 17.9. The van der Waals surface area contributed by atoms with Crippen LogP contribution in [0, 0.1) is 0 Å². The van der Waals surface area contributed by atoms with Gasteiger partial charge >= 0.3 is 0 Å². The molecule has 0 fully saturated rings. The minimum atomic E-state index is 0.400. The van der Waals surface area contributed by atoms with Crippen LogP contribution in [-0.2, 0) is 5.75 Å². The first-order valence-corrected chi connectivity index (χ1v) is 11.3. The number of nitrogens with zero attached hydrogens (tertiary/aromatic N) is 6. The monoisotopic (exact) mass is 472 g/mol. The molecule has 0 unspecified atom stereocenters. The van der Waals surface area contributed by atoms with Crippen LogP contribution >= 0.6 is 11.8 Å². The van der Waals surface area contributed by atoms with Gasteiger partial charge < -0.3 is 13.9 Å². The van der Waals surface area contributed by atoms with Gasteiger partial charge in [0.15, 0.2) is 22.5 Å². The van der Waals surface area contributed by atoms with E-state index in [0.29, 0.717) is 40.0 Å². The third-order valence-corrected chi connectivity index (χ3v) is 5.90. The summed E-state index contributed by atoms with van der Waals surface area (Å²) in [6.45, 7) is 0. The molecule has 0 aliphatic heterocycles. The summed E-state index contributed by atoms with van der Waals surface area (Å²) in [6.07, 6.45) is 3.50. The molecule has 10 heteroatoms. The molecule has 3 aromatic heterocycles. The van der Waals surface area contributed by atoms with Crippen molar-refractivity contribution < 1.29 is 13.9 Å². The lowest BCUT2D eigenvalue weighted by Gasteiger charge is -2.09. The molecule has 0 radical (unpaired) electrons. The highest BCUT2D eigenvalue weighted by atomic mass is 32.2. The second kappa shape index (κ2) is 9.75. The van der Waals surface area contributed by atoms with Crippen LogP contribution in [0.15, 0.2) is 82.6 Å². The summed E-state index contributed by atoms with van der Waals surface area (Å²) in [5.74, 6) is 3.23. The Morgan fingerprint density at radius 1 is 0.853 bits per heavy atom. The number of rotatable bonds is 8. The average molecular weight is 473 g/mol. The molecule has 3 heterocycles. The van der Waals surface area contributed by atoms with Crippen LogP contribution in [0.2, 0.25) is 0 Å². The van der Waals surface area contributed by atoms with Gasteiger partial charge in [-0.3, -0.25) is 9.55 Å². The van der Waals surface area contributed by atoms with E-state index in [1.807, 2.05) is 53.1 Å². The van der Waals surface area contributed by atoms with Crippen LogP contribution in [0.3, 0.4) is 0 Å². The summed E-state index contributed by atoms with van der Waals surface area (Å²) in [4.78, 5) is 4.22. The fraction of sp³-hybridized carbons (Fsp3) is 0.125. The number of hydrogen-bond donors (Lipinski definition) is 0. The van der Waals surface area contributed by atoms with Gasteiger partial charge in [-0.2, -0.15) is 0 Å². The van der Waals surface area contributed by atoms with Gasteiger partial charge in [0.1, 0.15) is 0 Å². The normalized spacial score (nSPS) is 10.9. The zero-order valence-corrected chi connectivity index (χ0v) is 19.3. The molecule has 2 aromatic carbocycles. The van der Waals surface area contributed by atoms with Crippen molar-refractivity contribution in [1.29, 1.82) is 0 Å². The lowest BCUT2D eigenvalue weighted by molar-refractivity contribution is 0.355. The topological polar surface area (TPSA) is 101 Å². The third kappa shape index (κ3) is 4.35. The number of benzene rings is 2. The summed E-state index contributed by atoms with van der Waals surface area (Å²) >= 11 is 1.46. The predicted octanol–water partition coefficient (Wildman–Crippen LogP) is 4.69. The maximum atomic E-state index is 5.89. The molecular formula is C24H20N6O3S. The quantitative estimate of drug-likeness (QED) is 0.298. The molecule has 0 amide bonds. The number of hydrogen-bond acceptors (Lipinski definition) is 9. The van der Waals surface area contributed by atoms with E-state index in [9.17, 15) is 0 Å². The van der Waals surface area contributed by atoms with E-state index in [1.165, 1.54) is 11.8 Å². The van der Waals surface area contributed by atoms with E-state index < -0.39 is 0 Å². The van der Waals surface area contributed by atoms with Crippen molar-refractivity contribution in [2.75, 3.05) is 14.2 Å². The van der Waals surface area contributed by atoms with E-state index in [2.05, 4.69) is 25.4 Å². The standard InChI is InChI=1S/C24H20N6O3S/c1-31-19-11-10-16(13-20(19)32-2)23-28-26-21(33-23)15-34-24-29-27-22(17-7-6-12-25-14-17)30(24)18-8-4-3-5-9-18/h3-14H,15H2,1-2H3. The van der Waals surface area contributed by atoms with E-state index >= 15 is 0 Å². The number of ether oxygens (including phenoxy) is 2. The van der Waals surface area contributed by atoms with Crippen LogP contribution < -0.4 is 9.47 Å². The SMILES string of the molecule is COc1ccc(-c2nnc(CSc3nnc(-c4cccnc4)n3-c3ccccc3)o2)cc1OC. The minimum absolute atomic E-state index is 0.400. The molecule has 0 saturated heterocycles. The van der Waals surface area contributed by atoms with Gasteiger partial charge in [-0.25, -0.2) is 0 Å². The van der Waals surface area contributed by atoms with Gasteiger partial charge in [-0.1, -0.05) is 30.0 Å². The Morgan fingerprint density at radius 3 is 2.47 bits per heavy atom. The van der Waals surface area contributed by atoms with E-state index in [-0.39, 0.29) is 0 Å². The van der Waals surface area contributed by atoms with Gasteiger partial charge in [0, 0.05) is 29.2 Å². The first-order valence-electron chi connectivity index (χ1n) is 10.4. The highest BCUT2D eigenvalue weighted by molar-refractivity contribution is 7.98. The van der Waals surface area contributed by atoms with Crippen molar-refractivity contribution in [3.8, 4) is 40.0 Å². The molecule has 0 spiro atoms. The molecule has 9 nitrogen and oxygen atoms in total. The van der Waals surface area contributed by atoms with Crippen molar-refractivity contribution in [2.45, 2.75) is 10.9 Å². The molecule has 170 valence electrons. The zero-order valence-electron chi connectivity index (χ0n) is 18.5. The molecule has 0 saturated carbocycles. The van der Waals surface area contributed by atoms with E-state index in [1.54, 1.807) is 38.7 Å². The Morgan fingerprint density at radius 2 is 1.71 bits per heavy atom. The summed E-state index contributed by atoms with van der Waals surface area (Å²) in [5.41, 5.74) is 2.57. The van der Waals surface area contributed by atoms with Gasteiger partial charge in [0.2, 0.25) is 11.8 Å². The maximum absolute atomic E-state index is 5.89. The largest absolute Gasteiger partial charge is 0.493 e. The predicted molar refractivity (Wildman–Crippen MR) is 127 cm³/mol. The number of para-hydroxylation sites is 1. The first-order chi connectivity index (χ1) is 16.8. The summed E-state index contributed by atoms with van der Waals surface area (Å²) < 4.78 is 18.5. The molecule has 0 aliphatic carbocycles. The Bertz CT molecular complexity index is 1390. The van der Waals surface area contributed by atoms with Crippen molar-refractivity contribution >= 4 is 11.8 Å². The van der Waals surface area contributed by atoms with Crippen molar-refractivity contribution in [3.63, 3.8) is 0 Å². The molecule has 34 heavy (non-hydrogen) atoms. The molecule has 5 aromatic rings. The molecule has 5 rings (SSSR count). The lowest BCUT2D eigenvalue weighted by Crippen LogP contribution is -1.99. The second-order valence-corrected chi connectivity index (χ2v) is 8.02. The summed E-state index contributed by atoms with van der Waals surface area (Å²) in [7, 11) is 3.17. The Labute approximate surface area is 199 Å². The minimum Gasteiger partial charge on any atom is -0.493 e. The van der Waals surface area contributed by atoms with Crippen LogP contribution in [0.25, 0.3) is 28.5 Å². The number of aromatic nitrogens is 6. The molecule has 0 atom stereocenters. The van der Waals surface area contributed by atoms with Gasteiger partial charge in [-0.15, -0.1) is 20.4 Å². The van der Waals surface area contributed by atoms with E-state index in [4.69, 9.17) is 13.9 Å². The van der Waals surface area contributed by atoms with Crippen molar-refractivity contribution in [2.24, 2.45) is 0 Å². The number of pyridine rings is 1. The van der Waals surface area contributed by atoms with Crippen LogP contribution in [-0.4, -0.2) is 44.2 Å². The summed E-state index contributed by atoms with van der Waals surface area (Å²) in [6, 6.07) is 19.2. The van der Waals surface area contributed by atoms with Crippen LogP contribution in [0.5, 0.6) is 11.5 Å². The zero-order chi connectivity index (χ0) is 23.3. The maximum Gasteiger partial charge on any atom is 0.247 e. The molecular weight excluding hydrogens is 452 g/mol. The van der Waals surface area contributed by atoms with Gasteiger partial charge in [0.05, 0.1) is 20.0 Å². The van der Waals surface area contributed by atoms with Crippen LogP contribution in [0.1, 0.15) is 5.89 Å². The van der Waals surface area contributed by atoms with Crippen molar-refractivity contribution in [1.82, 2.24) is 29.9 Å². The Kier molecular flexibility index (Phi) is 6.21. The second-order valence-electron chi connectivity index (χ2n) is 7.08. The lowest BCUT2D eigenvalue weighted by atomic mass is 10.2. The highest BCUT2D eigenvalue weighted by Crippen LogP contribution is 2.33. The smallest absolute Gasteiger partial charge is 0.247 e. The van der Waals surface area contributed by atoms with E-state index in [0.717, 1.165) is 16.8 Å². The van der Waals surface area contributed by atoms with Crippen LogP contribution in [0.4, 0.5) is 0 Å². The van der Waals surface area contributed by atoms with Crippen molar-refractivity contribution in [3.05, 3.63) is 78.9 Å². The average Bonchev–Trinajstić information content (AvgIpc) is 3.55. The fourth-order valence-corrected chi connectivity index (χ4v) is 4.17. The van der Waals surface area contributed by atoms with Gasteiger partial charge in [0.25, 0.3) is 0 Å². The fourth-order valence-electron chi connectivity index (χ4n) is 3.38. The Hall–Kier alpha value is -4.18. The first kappa shape index (κ1) is 21.7. The highest BCUT2D eigenvalue weighted by Gasteiger charge is 2.18. The Balaban J connectivity index is 1.40. The van der Waals surface area contributed by atoms with Gasteiger partial charge in [-0.05, 0) is 42.5 Å². The number of methoxy groups -OCH3 is 2. The molecule has 0 N–H and O–H groups in total. The number of thioether (sulfide) groups is 1. The molecule has 0 aliphatic rings. The molecule has 0 bridgehead atoms. The third-order valence-electron chi connectivity index (χ3n) is 4.99.